The maximum atomic E-state index is 4.41. The first-order valence-corrected chi connectivity index (χ1v) is 3.50. The van der Waals surface area contributed by atoms with E-state index in [1.54, 1.807) is 0 Å². The molecule has 1 saturated carbocycles. The lowest BCUT2D eigenvalue weighted by Crippen LogP contribution is -1.98. The first kappa shape index (κ1) is 4.54. The SMILES string of the molecule is C1CC2=NCCC2C1. The van der Waals surface area contributed by atoms with E-state index in [0.717, 1.165) is 12.5 Å². The Bertz CT molecular complexity index is 126. The number of fused-ring (bicyclic) bond motifs is 1. The molecule has 0 bridgehead atoms. The molecule has 0 amide bonds. The lowest BCUT2D eigenvalue weighted by molar-refractivity contribution is 0.645. The maximum Gasteiger partial charge on any atom is 0.0395 e. The Morgan fingerprint density at radius 2 is 2.38 bits per heavy atom. The van der Waals surface area contributed by atoms with E-state index in [-0.39, 0.29) is 0 Å². The molecule has 1 aliphatic carbocycles. The molecule has 0 aromatic carbocycles. The first-order valence-electron chi connectivity index (χ1n) is 3.50. The highest BCUT2D eigenvalue weighted by atomic mass is 14.8. The topological polar surface area (TPSA) is 12.4 Å². The van der Waals surface area contributed by atoms with E-state index in [2.05, 4.69) is 4.99 Å². The van der Waals surface area contributed by atoms with Gasteiger partial charge < -0.3 is 0 Å². The molecule has 2 rings (SSSR count). The van der Waals surface area contributed by atoms with Gasteiger partial charge in [0.25, 0.3) is 0 Å². The summed E-state index contributed by atoms with van der Waals surface area (Å²) in [6.07, 6.45) is 5.50. The van der Waals surface area contributed by atoms with Crippen molar-refractivity contribution in [2.75, 3.05) is 6.54 Å². The Morgan fingerprint density at radius 3 is 3.25 bits per heavy atom. The molecule has 0 spiro atoms. The van der Waals surface area contributed by atoms with E-state index >= 15 is 0 Å². The quantitative estimate of drug-likeness (QED) is 0.448. The van der Waals surface area contributed by atoms with Crippen LogP contribution >= 0.6 is 0 Å². The zero-order valence-electron chi connectivity index (χ0n) is 5.06. The van der Waals surface area contributed by atoms with Gasteiger partial charge in [0.2, 0.25) is 0 Å². The molecule has 1 fully saturated rings. The molecule has 1 nitrogen and oxygen atoms in total. The van der Waals surface area contributed by atoms with Gasteiger partial charge in [0.15, 0.2) is 0 Å². The van der Waals surface area contributed by atoms with E-state index in [1.165, 1.54) is 31.4 Å². The number of hydrogen-bond donors (Lipinski definition) is 0. The van der Waals surface area contributed by atoms with Gasteiger partial charge >= 0.3 is 0 Å². The average molecular weight is 109 g/mol. The van der Waals surface area contributed by atoms with Crippen molar-refractivity contribution in [3.63, 3.8) is 0 Å². The standard InChI is InChI=1S/C7H11N/c1-2-6-4-5-8-7(6)3-1/h6H,1-5H2. The van der Waals surface area contributed by atoms with Crippen LogP contribution in [0.5, 0.6) is 0 Å². The van der Waals surface area contributed by atoms with Gasteiger partial charge in [-0.1, -0.05) is 0 Å². The van der Waals surface area contributed by atoms with Crippen LogP contribution in [0.2, 0.25) is 0 Å². The zero-order chi connectivity index (χ0) is 5.40. The fraction of sp³-hybridized carbons (Fsp3) is 0.857. The second-order valence-corrected chi connectivity index (χ2v) is 2.75. The van der Waals surface area contributed by atoms with Crippen molar-refractivity contribution in [2.45, 2.75) is 25.7 Å². The molecule has 1 heteroatoms. The van der Waals surface area contributed by atoms with Crippen molar-refractivity contribution >= 4 is 5.71 Å². The Labute approximate surface area is 49.8 Å². The highest BCUT2D eigenvalue weighted by molar-refractivity contribution is 5.89. The first-order chi connectivity index (χ1) is 3.97. The minimum Gasteiger partial charge on any atom is -0.294 e. The molecule has 0 aromatic heterocycles. The lowest BCUT2D eigenvalue weighted by Gasteiger charge is -1.96. The molecule has 1 atom stereocenters. The summed E-state index contributed by atoms with van der Waals surface area (Å²) in [7, 11) is 0. The van der Waals surface area contributed by atoms with E-state index < -0.39 is 0 Å². The van der Waals surface area contributed by atoms with Crippen LogP contribution < -0.4 is 0 Å². The monoisotopic (exact) mass is 109 g/mol. The molecule has 0 saturated heterocycles. The summed E-state index contributed by atoms with van der Waals surface area (Å²) in [6.45, 7) is 1.12. The van der Waals surface area contributed by atoms with Crippen LogP contribution in [0.25, 0.3) is 0 Å². The summed E-state index contributed by atoms with van der Waals surface area (Å²) in [5, 5.41) is 0. The van der Waals surface area contributed by atoms with Gasteiger partial charge in [0, 0.05) is 12.3 Å². The van der Waals surface area contributed by atoms with Crippen molar-refractivity contribution in [3.8, 4) is 0 Å². The van der Waals surface area contributed by atoms with Gasteiger partial charge in [0.1, 0.15) is 0 Å². The second kappa shape index (κ2) is 1.57. The summed E-state index contributed by atoms with van der Waals surface area (Å²) in [5.74, 6) is 0.926. The van der Waals surface area contributed by atoms with E-state index in [4.69, 9.17) is 0 Å². The predicted molar refractivity (Wildman–Crippen MR) is 34.3 cm³/mol. The predicted octanol–water partition coefficient (Wildman–Crippen LogP) is 1.63. The molecule has 0 N–H and O–H groups in total. The fourth-order valence-corrected chi connectivity index (χ4v) is 1.78. The molecule has 1 aliphatic heterocycles. The van der Waals surface area contributed by atoms with E-state index in [0.29, 0.717) is 0 Å². The number of nitrogens with zero attached hydrogens (tertiary/aromatic N) is 1. The summed E-state index contributed by atoms with van der Waals surface area (Å²) in [4.78, 5) is 4.41. The average Bonchev–Trinajstić information content (AvgIpc) is 2.15. The third-order valence-electron chi connectivity index (χ3n) is 2.25. The van der Waals surface area contributed by atoms with Gasteiger partial charge in [-0.15, -0.1) is 0 Å². The van der Waals surface area contributed by atoms with E-state index in [9.17, 15) is 0 Å². The third-order valence-corrected chi connectivity index (χ3v) is 2.25. The number of hydrogen-bond acceptors (Lipinski definition) is 1. The zero-order valence-corrected chi connectivity index (χ0v) is 5.06. The molecule has 1 unspecified atom stereocenters. The lowest BCUT2D eigenvalue weighted by atomic mass is 10.1. The Balaban J connectivity index is 2.20. The fourth-order valence-electron chi connectivity index (χ4n) is 1.78. The molecular formula is C7H11N. The molecule has 44 valence electrons. The van der Waals surface area contributed by atoms with Crippen molar-refractivity contribution in [1.82, 2.24) is 0 Å². The van der Waals surface area contributed by atoms with Gasteiger partial charge in [-0.25, -0.2) is 0 Å². The molecule has 0 aromatic rings. The van der Waals surface area contributed by atoms with Crippen LogP contribution in [-0.4, -0.2) is 12.3 Å². The maximum absolute atomic E-state index is 4.41. The van der Waals surface area contributed by atoms with Crippen LogP contribution in [-0.2, 0) is 0 Å². The summed E-state index contributed by atoms with van der Waals surface area (Å²) in [6, 6.07) is 0. The van der Waals surface area contributed by atoms with Crippen molar-refractivity contribution in [2.24, 2.45) is 10.9 Å². The smallest absolute Gasteiger partial charge is 0.0395 e. The van der Waals surface area contributed by atoms with E-state index in [1.807, 2.05) is 0 Å². The van der Waals surface area contributed by atoms with Gasteiger partial charge in [-0.2, -0.15) is 0 Å². The van der Waals surface area contributed by atoms with Crippen LogP contribution in [0.4, 0.5) is 0 Å². The van der Waals surface area contributed by atoms with Gasteiger partial charge in [0.05, 0.1) is 0 Å². The number of aliphatic imine (C=N–C) groups is 1. The van der Waals surface area contributed by atoms with Crippen molar-refractivity contribution in [3.05, 3.63) is 0 Å². The Kier molecular flexibility index (Phi) is 0.893. The normalized spacial score (nSPS) is 35.0. The Hall–Kier alpha value is -0.330. The van der Waals surface area contributed by atoms with Crippen molar-refractivity contribution < 1.29 is 0 Å². The van der Waals surface area contributed by atoms with Crippen LogP contribution in [0, 0.1) is 5.92 Å². The summed E-state index contributed by atoms with van der Waals surface area (Å²) >= 11 is 0. The molecule has 8 heavy (non-hydrogen) atoms. The largest absolute Gasteiger partial charge is 0.294 e. The van der Waals surface area contributed by atoms with Gasteiger partial charge in [-0.05, 0) is 31.6 Å². The highest BCUT2D eigenvalue weighted by Crippen LogP contribution is 2.29. The highest BCUT2D eigenvalue weighted by Gasteiger charge is 2.25. The van der Waals surface area contributed by atoms with Crippen molar-refractivity contribution in [1.29, 1.82) is 0 Å². The molecular weight excluding hydrogens is 98.1 g/mol. The second-order valence-electron chi connectivity index (χ2n) is 2.75. The van der Waals surface area contributed by atoms with Crippen LogP contribution in [0.15, 0.2) is 4.99 Å². The third kappa shape index (κ3) is 0.504. The summed E-state index contributed by atoms with van der Waals surface area (Å²) in [5.41, 5.74) is 1.53. The minimum absolute atomic E-state index is 0.926. The minimum atomic E-state index is 0.926. The van der Waals surface area contributed by atoms with Crippen LogP contribution in [0.1, 0.15) is 25.7 Å². The van der Waals surface area contributed by atoms with Gasteiger partial charge in [-0.3, -0.25) is 4.99 Å². The molecule has 1 heterocycles. The molecule has 0 radical (unpaired) electrons. The molecule has 2 aliphatic rings. The number of rotatable bonds is 0. The Morgan fingerprint density at radius 1 is 1.38 bits per heavy atom. The van der Waals surface area contributed by atoms with Crippen LogP contribution in [0.3, 0.4) is 0 Å². The summed E-state index contributed by atoms with van der Waals surface area (Å²) < 4.78 is 0.